The monoisotopic (exact) mass is 570 g/mol. The maximum atomic E-state index is 11.4. The number of hydrogen-bond donors (Lipinski definition) is 1. The molecule has 0 saturated heterocycles. The van der Waals surface area contributed by atoms with Gasteiger partial charge in [-0.2, -0.15) is 0 Å². The molecule has 4 aromatic rings. The van der Waals surface area contributed by atoms with Crippen LogP contribution in [0.2, 0.25) is 10.3 Å². The molecule has 0 aliphatic heterocycles. The average molecular weight is 571 g/mol. The van der Waals surface area contributed by atoms with Crippen LogP contribution in [0.3, 0.4) is 0 Å². The number of ether oxygens (including phenoxy) is 1. The number of benzene rings is 2. The number of halogens is 3. The average Bonchev–Trinajstić information content (AvgIpc) is 2.79. The second kappa shape index (κ2) is 11.8. The van der Waals surface area contributed by atoms with Crippen LogP contribution in [0.25, 0.3) is 21.8 Å². The van der Waals surface area contributed by atoms with E-state index in [2.05, 4.69) is 37.3 Å². The Hall–Kier alpha value is -2.49. The molecule has 0 unspecified atom stereocenters. The minimum atomic E-state index is -0.959. The van der Waals surface area contributed by atoms with E-state index in [0.29, 0.717) is 32.3 Å². The highest BCUT2D eigenvalue weighted by Crippen LogP contribution is 2.20. The SMILES string of the molecule is CI.COC(=O)c1cccc2nc(Cl)ccc12.O=C(O)c1cccc2nc(Cl)ccc12. The van der Waals surface area contributed by atoms with Crippen LogP contribution in [0, 0.1) is 0 Å². The number of fused-ring (bicyclic) bond motifs is 2. The van der Waals surface area contributed by atoms with Crippen LogP contribution < -0.4 is 0 Å². The molecule has 0 spiro atoms. The van der Waals surface area contributed by atoms with Gasteiger partial charge in [-0.25, -0.2) is 19.6 Å². The molecule has 0 fully saturated rings. The first kappa shape index (κ1) is 24.8. The van der Waals surface area contributed by atoms with Gasteiger partial charge in [0.2, 0.25) is 0 Å². The molecule has 9 heteroatoms. The highest BCUT2D eigenvalue weighted by Gasteiger charge is 2.10. The third-order valence-electron chi connectivity index (χ3n) is 4.03. The molecule has 4 rings (SSSR count). The van der Waals surface area contributed by atoms with E-state index in [9.17, 15) is 9.59 Å². The minimum Gasteiger partial charge on any atom is -0.478 e. The predicted octanol–water partition coefficient (Wildman–Crippen LogP) is 6.31. The Bertz CT molecular complexity index is 1230. The van der Waals surface area contributed by atoms with Crippen molar-refractivity contribution >= 4 is 79.5 Å². The first-order valence-electron chi connectivity index (χ1n) is 8.70. The second-order valence-electron chi connectivity index (χ2n) is 5.81. The quantitative estimate of drug-likeness (QED) is 0.131. The number of carbonyl (C=O) groups excluding carboxylic acids is 1. The fraction of sp³-hybridized carbons (Fsp3) is 0.0909. The van der Waals surface area contributed by atoms with Crippen LogP contribution in [-0.2, 0) is 4.74 Å². The summed E-state index contributed by atoms with van der Waals surface area (Å²) in [5.41, 5.74) is 2.02. The van der Waals surface area contributed by atoms with Crippen LogP contribution >= 0.6 is 45.8 Å². The molecule has 1 N–H and O–H groups in total. The highest BCUT2D eigenvalue weighted by molar-refractivity contribution is 14.1. The van der Waals surface area contributed by atoms with Crippen molar-refractivity contribution in [2.75, 3.05) is 12.0 Å². The van der Waals surface area contributed by atoms with Crippen molar-refractivity contribution < 1.29 is 19.4 Å². The van der Waals surface area contributed by atoms with Gasteiger partial charge in [-0.1, -0.05) is 57.9 Å². The minimum absolute atomic E-state index is 0.242. The first-order chi connectivity index (χ1) is 14.9. The summed E-state index contributed by atoms with van der Waals surface area (Å²) in [5, 5.41) is 11.0. The number of pyridine rings is 2. The Morgan fingerprint density at radius 1 is 0.806 bits per heavy atom. The molecule has 0 aliphatic carbocycles. The summed E-state index contributed by atoms with van der Waals surface area (Å²) in [6.45, 7) is 0. The van der Waals surface area contributed by atoms with E-state index >= 15 is 0 Å². The van der Waals surface area contributed by atoms with Gasteiger partial charge in [0.25, 0.3) is 0 Å². The molecule has 0 bridgehead atoms. The van der Waals surface area contributed by atoms with Gasteiger partial charge in [0, 0.05) is 10.8 Å². The molecule has 2 aromatic carbocycles. The van der Waals surface area contributed by atoms with E-state index in [4.69, 9.17) is 28.3 Å². The van der Waals surface area contributed by atoms with Crippen molar-refractivity contribution in [1.29, 1.82) is 0 Å². The van der Waals surface area contributed by atoms with Crippen LogP contribution in [0.1, 0.15) is 20.7 Å². The van der Waals surface area contributed by atoms with Gasteiger partial charge in [-0.15, -0.1) is 0 Å². The highest BCUT2D eigenvalue weighted by atomic mass is 127. The Morgan fingerprint density at radius 3 is 1.71 bits per heavy atom. The fourth-order valence-corrected chi connectivity index (χ4v) is 3.04. The maximum Gasteiger partial charge on any atom is 0.338 e. The first-order valence-corrected chi connectivity index (χ1v) is 11.6. The fourth-order valence-electron chi connectivity index (χ4n) is 2.73. The molecule has 0 radical (unpaired) electrons. The van der Waals surface area contributed by atoms with Crippen LogP contribution in [0.4, 0.5) is 0 Å². The smallest absolute Gasteiger partial charge is 0.338 e. The van der Waals surface area contributed by atoms with Crippen molar-refractivity contribution in [3.05, 3.63) is 82.1 Å². The number of carbonyl (C=O) groups is 2. The van der Waals surface area contributed by atoms with Gasteiger partial charge >= 0.3 is 11.9 Å². The summed E-state index contributed by atoms with van der Waals surface area (Å²) in [6.07, 6.45) is 0. The summed E-state index contributed by atoms with van der Waals surface area (Å²) in [5.74, 6) is -1.33. The Balaban J connectivity index is 0.000000204. The zero-order valence-electron chi connectivity index (χ0n) is 16.5. The predicted molar refractivity (Wildman–Crippen MR) is 132 cm³/mol. The number of methoxy groups -OCH3 is 1. The lowest BCUT2D eigenvalue weighted by Crippen LogP contribution is -2.02. The third kappa shape index (κ3) is 6.25. The van der Waals surface area contributed by atoms with Crippen LogP contribution in [-0.4, -0.2) is 39.1 Å². The van der Waals surface area contributed by atoms with E-state index in [1.165, 1.54) is 7.11 Å². The van der Waals surface area contributed by atoms with Gasteiger partial charge < -0.3 is 9.84 Å². The molecule has 31 heavy (non-hydrogen) atoms. The van der Waals surface area contributed by atoms with Crippen molar-refractivity contribution in [3.8, 4) is 0 Å². The summed E-state index contributed by atoms with van der Waals surface area (Å²) in [4.78, 5) is 32.4. The van der Waals surface area contributed by atoms with Crippen molar-refractivity contribution in [2.45, 2.75) is 0 Å². The number of carboxylic acids is 1. The number of esters is 1. The number of hydrogen-bond acceptors (Lipinski definition) is 5. The van der Waals surface area contributed by atoms with Gasteiger partial charge in [0.05, 0.1) is 29.3 Å². The largest absolute Gasteiger partial charge is 0.478 e. The van der Waals surface area contributed by atoms with Gasteiger partial charge in [-0.3, -0.25) is 0 Å². The standard InChI is InChI=1S/C11H8ClNO2.C10H6ClNO2.CH3I/c1-15-11(14)8-3-2-4-9-7(8)5-6-10(12)13-9;11-9-5-4-6-7(10(13)14)2-1-3-8(6)12-9;1-2/h2-6H,1H3;1-5H,(H,13,14);1H3. The summed E-state index contributed by atoms with van der Waals surface area (Å²) >= 11 is 13.6. The number of carboxylic acid groups (broad SMARTS) is 1. The lowest BCUT2D eigenvalue weighted by Gasteiger charge is -2.03. The van der Waals surface area contributed by atoms with Crippen molar-refractivity contribution in [2.24, 2.45) is 0 Å². The molecule has 0 aliphatic rings. The molecule has 0 atom stereocenters. The van der Waals surface area contributed by atoms with E-state index in [1.54, 1.807) is 60.7 Å². The van der Waals surface area contributed by atoms with Gasteiger partial charge in [0.1, 0.15) is 10.3 Å². The van der Waals surface area contributed by atoms with E-state index in [-0.39, 0.29) is 11.5 Å². The van der Waals surface area contributed by atoms with Crippen LogP contribution in [0.5, 0.6) is 0 Å². The molecule has 6 nitrogen and oxygen atoms in total. The Labute approximate surface area is 202 Å². The number of nitrogens with zero attached hydrogens (tertiary/aromatic N) is 2. The third-order valence-corrected chi connectivity index (χ3v) is 4.45. The zero-order valence-corrected chi connectivity index (χ0v) is 20.1. The molecule has 160 valence electrons. The number of aromatic nitrogens is 2. The Kier molecular flexibility index (Phi) is 9.42. The second-order valence-corrected chi connectivity index (χ2v) is 6.58. The van der Waals surface area contributed by atoms with E-state index in [1.807, 2.05) is 4.93 Å². The van der Waals surface area contributed by atoms with Crippen molar-refractivity contribution in [3.63, 3.8) is 0 Å². The van der Waals surface area contributed by atoms with Crippen molar-refractivity contribution in [1.82, 2.24) is 9.97 Å². The zero-order chi connectivity index (χ0) is 23.0. The molecule has 2 aromatic heterocycles. The topological polar surface area (TPSA) is 89.4 Å². The van der Waals surface area contributed by atoms with E-state index < -0.39 is 5.97 Å². The summed E-state index contributed by atoms with van der Waals surface area (Å²) in [6, 6.07) is 16.8. The van der Waals surface area contributed by atoms with Gasteiger partial charge in [0.15, 0.2) is 0 Å². The summed E-state index contributed by atoms with van der Waals surface area (Å²) < 4.78 is 4.67. The number of rotatable bonds is 2. The molecule has 2 heterocycles. The normalized spacial score (nSPS) is 9.84. The lowest BCUT2D eigenvalue weighted by molar-refractivity contribution is 0.0602. The molecule has 0 saturated carbocycles. The maximum absolute atomic E-state index is 11.4. The van der Waals surface area contributed by atoms with Gasteiger partial charge in [-0.05, 0) is 53.5 Å². The van der Waals surface area contributed by atoms with Crippen LogP contribution in [0.15, 0.2) is 60.7 Å². The lowest BCUT2D eigenvalue weighted by atomic mass is 10.1. The molecule has 0 amide bonds. The molecular weight excluding hydrogens is 554 g/mol. The number of aromatic carboxylic acids is 1. The summed E-state index contributed by atoms with van der Waals surface area (Å²) in [7, 11) is 1.35. The van der Waals surface area contributed by atoms with E-state index in [0.717, 1.165) is 5.39 Å². The Morgan fingerprint density at radius 2 is 1.26 bits per heavy atom. The molecular formula is C22H17Cl2IN2O4. The number of alkyl halides is 1.